The molecule has 5 heteroatoms. The van der Waals surface area contributed by atoms with Crippen LogP contribution in [0.25, 0.3) is 5.70 Å². The number of rotatable bonds is 4. The smallest absolute Gasteiger partial charge is 0.120 e. The van der Waals surface area contributed by atoms with Crippen LogP contribution in [0.3, 0.4) is 0 Å². The third-order valence-electron chi connectivity index (χ3n) is 4.99. The number of aromatic nitrogens is 1. The molecule has 0 radical (unpaired) electrons. The molecule has 4 nitrogen and oxygen atoms in total. The van der Waals surface area contributed by atoms with Crippen LogP contribution in [0.1, 0.15) is 41.4 Å². The Morgan fingerprint density at radius 2 is 1.93 bits per heavy atom. The van der Waals surface area contributed by atoms with Gasteiger partial charge in [-0.15, -0.1) is 0 Å². The maximum atomic E-state index is 10.4. The molecule has 0 aliphatic carbocycles. The highest BCUT2D eigenvalue weighted by Crippen LogP contribution is 2.34. The number of halogens is 1. The molecule has 1 aliphatic heterocycles. The lowest BCUT2D eigenvalue weighted by molar-refractivity contribution is 0.418. The molecule has 0 spiro atoms. The summed E-state index contributed by atoms with van der Waals surface area (Å²) in [5.74, 6) is 0.268. The Bertz CT molecular complexity index is 986. The van der Waals surface area contributed by atoms with E-state index in [2.05, 4.69) is 68.8 Å². The van der Waals surface area contributed by atoms with Crippen molar-refractivity contribution in [2.75, 3.05) is 0 Å². The van der Waals surface area contributed by atoms with E-state index in [0.717, 1.165) is 33.3 Å². The molecule has 3 N–H and O–H groups in total. The van der Waals surface area contributed by atoms with E-state index in [1.54, 1.807) is 12.3 Å². The summed E-state index contributed by atoms with van der Waals surface area (Å²) in [6.07, 6.45) is 6.63. The molecular weight excluding hydrogens is 414 g/mol. The van der Waals surface area contributed by atoms with Gasteiger partial charge in [-0.3, -0.25) is 10.3 Å². The SMILES string of the molecule is CCc1ccc(C2=CC(c3cc(Br)ccc3O)NC(c3cccnc3)N2)cc1. The molecule has 0 amide bonds. The molecule has 2 unspecified atom stereocenters. The Balaban J connectivity index is 1.75. The van der Waals surface area contributed by atoms with E-state index in [-0.39, 0.29) is 18.0 Å². The third kappa shape index (κ3) is 3.96. The van der Waals surface area contributed by atoms with Crippen LogP contribution in [0.2, 0.25) is 0 Å². The Morgan fingerprint density at radius 1 is 1.11 bits per heavy atom. The molecule has 0 bridgehead atoms. The monoisotopic (exact) mass is 435 g/mol. The second-order valence-corrected chi connectivity index (χ2v) is 7.76. The van der Waals surface area contributed by atoms with Crippen LogP contribution >= 0.6 is 15.9 Å². The molecular formula is C23H22BrN3O. The molecule has 1 aromatic heterocycles. The zero-order chi connectivity index (χ0) is 19.5. The topological polar surface area (TPSA) is 57.2 Å². The first-order valence-electron chi connectivity index (χ1n) is 9.36. The summed E-state index contributed by atoms with van der Waals surface area (Å²) in [4.78, 5) is 4.25. The summed E-state index contributed by atoms with van der Waals surface area (Å²) in [5.41, 5.74) is 5.32. The molecule has 142 valence electrons. The summed E-state index contributed by atoms with van der Waals surface area (Å²) >= 11 is 3.51. The van der Waals surface area contributed by atoms with Gasteiger partial charge in [0.2, 0.25) is 0 Å². The molecule has 2 aromatic carbocycles. The number of phenols is 1. The molecule has 0 saturated carbocycles. The first-order chi connectivity index (χ1) is 13.6. The van der Waals surface area contributed by atoms with Crippen molar-refractivity contribution < 1.29 is 5.11 Å². The van der Waals surface area contributed by atoms with Gasteiger partial charge in [0, 0.05) is 33.7 Å². The largest absolute Gasteiger partial charge is 0.508 e. The van der Waals surface area contributed by atoms with Crippen molar-refractivity contribution in [1.29, 1.82) is 0 Å². The minimum Gasteiger partial charge on any atom is -0.508 e. The number of benzene rings is 2. The van der Waals surface area contributed by atoms with E-state index in [1.807, 2.05) is 30.5 Å². The van der Waals surface area contributed by atoms with Crippen LogP contribution in [0.5, 0.6) is 5.75 Å². The minimum atomic E-state index is -0.148. The Labute approximate surface area is 173 Å². The number of nitrogens with one attached hydrogen (secondary N) is 2. The zero-order valence-electron chi connectivity index (χ0n) is 15.6. The summed E-state index contributed by atoms with van der Waals surface area (Å²) in [6, 6.07) is 17.9. The lowest BCUT2D eigenvalue weighted by atomic mass is 9.97. The highest BCUT2D eigenvalue weighted by Gasteiger charge is 2.25. The van der Waals surface area contributed by atoms with E-state index in [9.17, 15) is 5.11 Å². The summed E-state index contributed by atoms with van der Waals surface area (Å²) in [6.45, 7) is 2.15. The average molecular weight is 436 g/mol. The van der Waals surface area contributed by atoms with Crippen molar-refractivity contribution >= 4 is 21.6 Å². The first-order valence-corrected chi connectivity index (χ1v) is 10.2. The fourth-order valence-electron chi connectivity index (χ4n) is 3.42. The van der Waals surface area contributed by atoms with Crippen LogP contribution in [0.15, 0.2) is 77.5 Å². The van der Waals surface area contributed by atoms with Crippen molar-refractivity contribution in [2.24, 2.45) is 0 Å². The van der Waals surface area contributed by atoms with Gasteiger partial charge in [0.1, 0.15) is 11.9 Å². The number of pyridine rings is 1. The maximum Gasteiger partial charge on any atom is 0.120 e. The summed E-state index contributed by atoms with van der Waals surface area (Å²) in [5, 5.41) is 17.6. The number of aryl methyl sites for hydroxylation is 1. The molecule has 0 fully saturated rings. The van der Waals surface area contributed by atoms with Gasteiger partial charge in [0.05, 0.1) is 6.04 Å². The van der Waals surface area contributed by atoms with Crippen LogP contribution in [0.4, 0.5) is 0 Å². The van der Waals surface area contributed by atoms with Gasteiger partial charge >= 0.3 is 0 Å². The number of aromatic hydroxyl groups is 1. The zero-order valence-corrected chi connectivity index (χ0v) is 17.1. The van der Waals surface area contributed by atoms with Gasteiger partial charge in [-0.1, -0.05) is 53.2 Å². The second-order valence-electron chi connectivity index (χ2n) is 6.84. The normalized spacial score (nSPS) is 19.0. The van der Waals surface area contributed by atoms with E-state index in [4.69, 9.17) is 0 Å². The van der Waals surface area contributed by atoms with Crippen molar-refractivity contribution in [1.82, 2.24) is 15.6 Å². The number of hydrogen-bond donors (Lipinski definition) is 3. The second kappa shape index (κ2) is 8.17. The van der Waals surface area contributed by atoms with Gasteiger partial charge in [0.15, 0.2) is 0 Å². The molecule has 0 saturated heterocycles. The van der Waals surface area contributed by atoms with Crippen LogP contribution in [-0.4, -0.2) is 10.1 Å². The molecule has 3 aromatic rings. The number of nitrogens with zero attached hydrogens (tertiary/aromatic N) is 1. The predicted octanol–water partition coefficient (Wildman–Crippen LogP) is 5.09. The number of hydrogen-bond acceptors (Lipinski definition) is 4. The van der Waals surface area contributed by atoms with Gasteiger partial charge in [-0.25, -0.2) is 0 Å². The number of phenolic OH excluding ortho intramolecular Hbond substituents is 1. The van der Waals surface area contributed by atoms with Crippen LogP contribution in [-0.2, 0) is 6.42 Å². The van der Waals surface area contributed by atoms with Crippen LogP contribution in [0, 0.1) is 0 Å². The third-order valence-corrected chi connectivity index (χ3v) is 5.49. The Morgan fingerprint density at radius 3 is 2.64 bits per heavy atom. The van der Waals surface area contributed by atoms with Crippen LogP contribution < -0.4 is 10.6 Å². The van der Waals surface area contributed by atoms with E-state index in [1.165, 1.54) is 5.56 Å². The van der Waals surface area contributed by atoms with Crippen molar-refractivity contribution in [3.05, 3.63) is 99.8 Å². The van der Waals surface area contributed by atoms with Crippen molar-refractivity contribution in [3.63, 3.8) is 0 Å². The standard InChI is InChI=1S/C23H22BrN3O/c1-2-15-5-7-16(8-6-15)20-13-21(19-12-18(24)9-10-22(19)28)27-23(26-20)17-4-3-11-25-14-17/h3-14,21,23,26-28H,2H2,1H3. The molecule has 1 aliphatic rings. The minimum absolute atomic E-state index is 0.122. The van der Waals surface area contributed by atoms with E-state index in [0.29, 0.717) is 0 Å². The van der Waals surface area contributed by atoms with E-state index < -0.39 is 0 Å². The molecule has 2 heterocycles. The highest BCUT2D eigenvalue weighted by molar-refractivity contribution is 9.10. The van der Waals surface area contributed by atoms with E-state index >= 15 is 0 Å². The fraction of sp³-hybridized carbons (Fsp3) is 0.174. The quantitative estimate of drug-likeness (QED) is 0.534. The predicted molar refractivity (Wildman–Crippen MR) is 116 cm³/mol. The molecule has 2 atom stereocenters. The fourth-order valence-corrected chi connectivity index (χ4v) is 3.80. The lowest BCUT2D eigenvalue weighted by Gasteiger charge is -2.33. The molecule has 4 rings (SSSR count). The summed E-state index contributed by atoms with van der Waals surface area (Å²) < 4.78 is 0.931. The molecule has 28 heavy (non-hydrogen) atoms. The summed E-state index contributed by atoms with van der Waals surface area (Å²) in [7, 11) is 0. The Hall–Kier alpha value is -2.63. The first kappa shape index (κ1) is 18.7. The average Bonchev–Trinajstić information content (AvgIpc) is 2.76. The lowest BCUT2D eigenvalue weighted by Crippen LogP contribution is -2.39. The van der Waals surface area contributed by atoms with Gasteiger partial charge in [0.25, 0.3) is 0 Å². The van der Waals surface area contributed by atoms with Gasteiger partial charge in [-0.2, -0.15) is 0 Å². The highest BCUT2D eigenvalue weighted by atomic mass is 79.9. The van der Waals surface area contributed by atoms with Crippen molar-refractivity contribution in [2.45, 2.75) is 25.6 Å². The van der Waals surface area contributed by atoms with Gasteiger partial charge in [-0.05, 0) is 47.9 Å². The Kier molecular flexibility index (Phi) is 5.46. The van der Waals surface area contributed by atoms with Crippen molar-refractivity contribution in [3.8, 4) is 5.75 Å². The maximum absolute atomic E-state index is 10.4. The van der Waals surface area contributed by atoms with Gasteiger partial charge < -0.3 is 10.4 Å².